The average Bonchev–Trinajstić information content (AvgIpc) is 2.47. The van der Waals surface area contributed by atoms with Crippen molar-refractivity contribution in [2.24, 2.45) is 5.92 Å². The lowest BCUT2D eigenvalue weighted by atomic mass is 9.82. The predicted molar refractivity (Wildman–Crippen MR) is 53.0 cm³/mol. The molecule has 2 N–H and O–H groups in total. The Hall–Kier alpha value is -1.47. The highest BCUT2D eigenvalue weighted by Gasteiger charge is 2.66. The zero-order chi connectivity index (χ0) is 12.9. The number of aliphatic hydroxyl groups is 1. The molecule has 2 aliphatic heterocycles. The second kappa shape index (κ2) is 3.78. The van der Waals surface area contributed by atoms with Gasteiger partial charge in [0.1, 0.15) is 6.10 Å². The number of aliphatic carboxylic acids is 1. The van der Waals surface area contributed by atoms with Gasteiger partial charge >= 0.3 is 5.97 Å². The van der Waals surface area contributed by atoms with Crippen LogP contribution < -0.4 is 0 Å². The summed E-state index contributed by atoms with van der Waals surface area (Å²) in [4.78, 5) is 35.4. The number of aliphatic hydroxyl groups excluding tert-OH is 1. The Balaban J connectivity index is 2.34. The minimum atomic E-state index is -1.48. The van der Waals surface area contributed by atoms with Crippen molar-refractivity contribution in [1.82, 2.24) is 4.90 Å². The summed E-state index contributed by atoms with van der Waals surface area (Å²) in [6.45, 7) is 1.44. The van der Waals surface area contributed by atoms with Crippen LogP contribution >= 0.6 is 0 Å². The van der Waals surface area contributed by atoms with Gasteiger partial charge in [-0.15, -0.1) is 0 Å². The lowest BCUT2D eigenvalue weighted by Gasteiger charge is -2.46. The van der Waals surface area contributed by atoms with Crippen molar-refractivity contribution in [3.8, 4) is 0 Å². The lowest BCUT2D eigenvalue weighted by Crippen LogP contribution is -2.66. The summed E-state index contributed by atoms with van der Waals surface area (Å²) in [5, 5.41) is 18.4. The molecule has 5 atom stereocenters. The summed E-state index contributed by atoms with van der Waals surface area (Å²) in [7, 11) is 1.28. The molecule has 0 bridgehead atoms. The van der Waals surface area contributed by atoms with Crippen LogP contribution in [0.3, 0.4) is 0 Å². The molecule has 0 aromatic carbocycles. The number of amides is 1. The fourth-order valence-corrected chi connectivity index (χ4v) is 2.64. The van der Waals surface area contributed by atoms with E-state index in [1.54, 1.807) is 0 Å². The normalized spacial score (nSPS) is 37.7. The number of β-lactam (4-membered cyclic amide) rings is 1. The zero-order valence-corrected chi connectivity index (χ0v) is 9.36. The minimum Gasteiger partial charge on any atom is -0.479 e. The molecule has 0 aromatic rings. The summed E-state index contributed by atoms with van der Waals surface area (Å²) < 4.78 is 4.95. The first kappa shape index (κ1) is 12.0. The Morgan fingerprint density at radius 1 is 1.47 bits per heavy atom. The van der Waals surface area contributed by atoms with E-state index in [9.17, 15) is 19.5 Å². The molecule has 2 fully saturated rings. The number of Topliss-reactive ketones (excluding diaryl/α,β-unsaturated/α-hetero) is 1. The van der Waals surface area contributed by atoms with E-state index in [1.165, 1.54) is 14.0 Å². The predicted octanol–water partition coefficient (Wildman–Crippen LogP) is -1.75. The van der Waals surface area contributed by atoms with E-state index in [2.05, 4.69) is 0 Å². The third-order valence-electron chi connectivity index (χ3n) is 3.37. The molecule has 94 valence electrons. The van der Waals surface area contributed by atoms with Crippen LogP contribution in [0.1, 0.15) is 6.92 Å². The van der Waals surface area contributed by atoms with Crippen molar-refractivity contribution >= 4 is 17.7 Å². The Labute approximate surface area is 97.0 Å². The van der Waals surface area contributed by atoms with Crippen LogP contribution in [-0.4, -0.2) is 64.2 Å². The number of nitrogens with zero attached hydrogens (tertiary/aromatic N) is 1. The molecular formula is C10H13NO6. The summed E-state index contributed by atoms with van der Waals surface area (Å²) in [5.74, 6) is -3.27. The fourth-order valence-electron chi connectivity index (χ4n) is 2.64. The van der Waals surface area contributed by atoms with Gasteiger partial charge in [0.25, 0.3) is 0 Å². The zero-order valence-electron chi connectivity index (χ0n) is 9.36. The minimum absolute atomic E-state index is 0.509. The number of ether oxygens (including phenoxy) is 1. The maximum absolute atomic E-state index is 11.8. The van der Waals surface area contributed by atoms with E-state index in [1.807, 2.05) is 0 Å². The van der Waals surface area contributed by atoms with Gasteiger partial charge in [0.05, 0.1) is 18.1 Å². The van der Waals surface area contributed by atoms with Gasteiger partial charge in [-0.25, -0.2) is 4.79 Å². The number of carboxylic acids is 1. The lowest BCUT2D eigenvalue weighted by molar-refractivity contribution is -0.173. The molecule has 17 heavy (non-hydrogen) atoms. The molecule has 0 spiro atoms. The van der Waals surface area contributed by atoms with E-state index >= 15 is 0 Å². The molecule has 2 aliphatic rings. The van der Waals surface area contributed by atoms with Crippen LogP contribution in [0.25, 0.3) is 0 Å². The number of ketones is 1. The Morgan fingerprint density at radius 2 is 2.06 bits per heavy atom. The SMILES string of the molecule is COC1C(=O)C(C(=O)O)N2C(=O)[C@H]([C@@H](C)O)[C@H]12. The highest BCUT2D eigenvalue weighted by Crippen LogP contribution is 2.40. The topological polar surface area (TPSA) is 104 Å². The van der Waals surface area contributed by atoms with Crippen molar-refractivity contribution in [3.63, 3.8) is 0 Å². The van der Waals surface area contributed by atoms with E-state index in [-0.39, 0.29) is 0 Å². The first-order valence-electron chi connectivity index (χ1n) is 5.21. The third kappa shape index (κ3) is 1.39. The number of methoxy groups -OCH3 is 1. The van der Waals surface area contributed by atoms with E-state index < -0.39 is 47.9 Å². The maximum atomic E-state index is 11.8. The van der Waals surface area contributed by atoms with Crippen LogP contribution in [-0.2, 0) is 19.1 Å². The van der Waals surface area contributed by atoms with Crippen molar-refractivity contribution < 1.29 is 29.3 Å². The molecule has 0 aromatic heterocycles. The number of carbonyl (C=O) groups excluding carboxylic acids is 2. The molecule has 2 rings (SSSR count). The second-order valence-corrected chi connectivity index (χ2v) is 4.30. The number of carbonyl (C=O) groups is 3. The standard InChI is InChI=1S/C10H13NO6/c1-3(12)4-5-8(17-2)7(13)6(10(15)16)11(5)9(4)14/h3-6,8,12H,1-2H3,(H,15,16)/t3-,4-,5-,6?,8?/m1/s1. The van der Waals surface area contributed by atoms with Gasteiger partial charge in [-0.05, 0) is 6.92 Å². The summed E-state index contributed by atoms with van der Waals surface area (Å²) in [5.41, 5.74) is 0. The van der Waals surface area contributed by atoms with Crippen LogP contribution in [0.15, 0.2) is 0 Å². The fraction of sp³-hybridized carbons (Fsp3) is 0.700. The van der Waals surface area contributed by atoms with Crippen molar-refractivity contribution in [2.75, 3.05) is 7.11 Å². The van der Waals surface area contributed by atoms with E-state index in [4.69, 9.17) is 9.84 Å². The number of fused-ring (bicyclic) bond motifs is 1. The van der Waals surface area contributed by atoms with E-state index in [0.29, 0.717) is 0 Å². The largest absolute Gasteiger partial charge is 0.479 e. The highest BCUT2D eigenvalue weighted by molar-refractivity contribution is 6.13. The van der Waals surface area contributed by atoms with Crippen molar-refractivity contribution in [2.45, 2.75) is 31.2 Å². The van der Waals surface area contributed by atoms with Crippen molar-refractivity contribution in [3.05, 3.63) is 0 Å². The molecule has 7 heteroatoms. The molecule has 1 amide bonds. The number of rotatable bonds is 3. The quantitative estimate of drug-likeness (QED) is 0.449. The van der Waals surface area contributed by atoms with Gasteiger partial charge < -0.3 is 19.8 Å². The van der Waals surface area contributed by atoms with Gasteiger partial charge in [-0.1, -0.05) is 0 Å². The first-order chi connectivity index (χ1) is 7.91. The van der Waals surface area contributed by atoms with Crippen LogP contribution in [0, 0.1) is 5.92 Å². The Bertz CT molecular complexity index is 392. The summed E-state index contributed by atoms with van der Waals surface area (Å²) in [6.07, 6.45) is -1.89. The average molecular weight is 243 g/mol. The summed E-state index contributed by atoms with van der Waals surface area (Å²) >= 11 is 0. The van der Waals surface area contributed by atoms with Crippen LogP contribution in [0.4, 0.5) is 0 Å². The molecule has 0 radical (unpaired) electrons. The van der Waals surface area contributed by atoms with Crippen LogP contribution in [0.2, 0.25) is 0 Å². The second-order valence-electron chi connectivity index (χ2n) is 4.30. The molecule has 0 saturated carbocycles. The van der Waals surface area contributed by atoms with E-state index in [0.717, 1.165) is 4.90 Å². The summed E-state index contributed by atoms with van der Waals surface area (Å²) in [6, 6.07) is -2.14. The molecule has 0 aliphatic carbocycles. The third-order valence-corrected chi connectivity index (χ3v) is 3.37. The first-order valence-corrected chi connectivity index (χ1v) is 5.21. The van der Waals surface area contributed by atoms with Gasteiger partial charge in [-0.2, -0.15) is 0 Å². The smallest absolute Gasteiger partial charge is 0.334 e. The van der Waals surface area contributed by atoms with Gasteiger partial charge in [0, 0.05) is 7.11 Å². The molecule has 2 heterocycles. The number of hydrogen-bond acceptors (Lipinski definition) is 5. The molecule has 2 saturated heterocycles. The number of hydrogen-bond donors (Lipinski definition) is 2. The Morgan fingerprint density at radius 3 is 2.47 bits per heavy atom. The highest BCUT2D eigenvalue weighted by atomic mass is 16.5. The van der Waals surface area contributed by atoms with Crippen molar-refractivity contribution in [1.29, 1.82) is 0 Å². The van der Waals surface area contributed by atoms with Gasteiger partial charge in [0.2, 0.25) is 5.91 Å². The molecule has 2 unspecified atom stereocenters. The monoisotopic (exact) mass is 243 g/mol. The molecule has 7 nitrogen and oxygen atoms in total. The van der Waals surface area contributed by atoms with Gasteiger partial charge in [-0.3, -0.25) is 9.59 Å². The van der Waals surface area contributed by atoms with Crippen LogP contribution in [0.5, 0.6) is 0 Å². The maximum Gasteiger partial charge on any atom is 0.334 e. The van der Waals surface area contributed by atoms with Gasteiger partial charge in [0.15, 0.2) is 11.8 Å². The number of carboxylic acid groups (broad SMARTS) is 1. The molecular weight excluding hydrogens is 230 g/mol. The Kier molecular flexibility index (Phi) is 2.67.